The maximum atomic E-state index is 2.63. The highest BCUT2D eigenvalue weighted by Gasteiger charge is 2.55. The Bertz CT molecular complexity index is 3480. The minimum absolute atomic E-state index is 0.528. The van der Waals surface area contributed by atoms with E-state index in [1.807, 2.05) is 23.1 Å². The molecule has 4 aliphatic rings. The standard InChI is InChI=1S/C57H37NS2Si/c1-34-23-26-39-40-27-24-35(2)30-55(40)61(54(39)29-34)53-22-12-4-14-38(53)41-28-25-36(31-56(41)61)58-47-18-8-5-15-43(47)57(44-16-6-10-20-50(44)60-51-21-11-7-17-45(51)57)46-32-42-37-13-3-9-19-49(37)59-52(42)33-48(46)58/h3-33H,1-2H3. The van der Waals surface area contributed by atoms with Crippen LogP contribution in [0.4, 0.5) is 17.1 Å². The van der Waals surface area contributed by atoms with Crippen molar-refractivity contribution in [1.82, 2.24) is 0 Å². The van der Waals surface area contributed by atoms with Crippen molar-refractivity contribution in [1.29, 1.82) is 0 Å². The summed E-state index contributed by atoms with van der Waals surface area (Å²) >= 11 is 3.82. The van der Waals surface area contributed by atoms with Gasteiger partial charge in [-0.3, -0.25) is 0 Å². The van der Waals surface area contributed by atoms with Gasteiger partial charge in [-0.05, 0) is 128 Å². The number of para-hydroxylation sites is 1. The maximum absolute atomic E-state index is 2.72. The van der Waals surface area contributed by atoms with E-state index in [1.54, 1.807) is 0 Å². The fraction of sp³-hybridized carbons (Fsp3) is 0.0526. The van der Waals surface area contributed by atoms with Crippen LogP contribution >= 0.6 is 23.1 Å². The van der Waals surface area contributed by atoms with Crippen molar-refractivity contribution in [2.24, 2.45) is 0 Å². The average Bonchev–Trinajstić information content (AvgIpc) is 3.91. The fourth-order valence-corrected chi connectivity index (χ4v) is 20.0. The van der Waals surface area contributed by atoms with Gasteiger partial charge in [-0.25, -0.2) is 0 Å². The molecule has 4 heteroatoms. The van der Waals surface area contributed by atoms with E-state index in [0.29, 0.717) is 0 Å². The number of rotatable bonds is 1. The number of anilines is 3. The Morgan fingerprint density at radius 2 is 0.984 bits per heavy atom. The van der Waals surface area contributed by atoms with Crippen LogP contribution in [-0.2, 0) is 5.41 Å². The summed E-state index contributed by atoms with van der Waals surface area (Å²) in [6, 6.07) is 73.0. The highest BCUT2D eigenvalue weighted by Crippen LogP contribution is 2.63. The first-order chi connectivity index (χ1) is 30.0. The topological polar surface area (TPSA) is 3.24 Å². The Morgan fingerprint density at radius 1 is 0.410 bits per heavy atom. The summed E-state index contributed by atoms with van der Waals surface area (Å²) in [5, 5.41) is 8.70. The van der Waals surface area contributed by atoms with Gasteiger partial charge in [-0.15, -0.1) is 11.3 Å². The molecule has 286 valence electrons. The van der Waals surface area contributed by atoms with E-state index in [-0.39, 0.29) is 0 Å². The predicted molar refractivity (Wildman–Crippen MR) is 261 cm³/mol. The minimum atomic E-state index is -2.72. The first kappa shape index (κ1) is 34.3. The first-order valence-electron chi connectivity index (χ1n) is 21.2. The lowest BCUT2D eigenvalue weighted by molar-refractivity contribution is 0.693. The molecule has 0 N–H and O–H groups in total. The summed E-state index contributed by atoms with van der Waals surface area (Å²) in [5.41, 5.74) is 16.7. The third-order valence-corrected chi connectivity index (χ3v) is 21.4. The monoisotopic (exact) mass is 827 g/mol. The Hall–Kier alpha value is -6.43. The molecule has 14 rings (SSSR count). The smallest absolute Gasteiger partial charge is 0.182 e. The molecule has 61 heavy (non-hydrogen) atoms. The van der Waals surface area contributed by atoms with Gasteiger partial charge in [0, 0.05) is 35.7 Å². The minimum Gasteiger partial charge on any atom is -0.310 e. The third kappa shape index (κ3) is 4.23. The third-order valence-electron chi connectivity index (χ3n) is 14.2. The zero-order valence-electron chi connectivity index (χ0n) is 33.7. The molecule has 2 spiro atoms. The lowest BCUT2D eigenvalue weighted by atomic mass is 9.62. The number of fused-ring (bicyclic) bond motifs is 21. The van der Waals surface area contributed by atoms with Crippen molar-refractivity contribution in [3.8, 4) is 22.3 Å². The van der Waals surface area contributed by atoms with Crippen molar-refractivity contribution in [3.05, 3.63) is 221 Å². The van der Waals surface area contributed by atoms with Crippen LogP contribution in [0.15, 0.2) is 198 Å². The van der Waals surface area contributed by atoms with Crippen molar-refractivity contribution in [2.45, 2.75) is 29.1 Å². The molecule has 0 unspecified atom stereocenters. The molecule has 0 amide bonds. The summed E-state index contributed by atoms with van der Waals surface area (Å²) in [5.74, 6) is 0. The summed E-state index contributed by atoms with van der Waals surface area (Å²) in [7, 11) is -2.72. The molecule has 0 bridgehead atoms. The highest BCUT2D eigenvalue weighted by molar-refractivity contribution is 7.99. The Balaban J connectivity index is 1.11. The van der Waals surface area contributed by atoms with Crippen LogP contribution < -0.4 is 25.6 Å². The van der Waals surface area contributed by atoms with Crippen LogP contribution in [0.25, 0.3) is 42.4 Å². The molecule has 0 aliphatic carbocycles. The van der Waals surface area contributed by atoms with Gasteiger partial charge < -0.3 is 4.90 Å². The van der Waals surface area contributed by atoms with Crippen molar-refractivity contribution >= 4 is 89.2 Å². The fourth-order valence-electron chi connectivity index (χ4n) is 11.9. The second kappa shape index (κ2) is 12.1. The maximum Gasteiger partial charge on any atom is 0.182 e. The van der Waals surface area contributed by atoms with Crippen LogP contribution in [0.5, 0.6) is 0 Å². The Kier molecular flexibility index (Phi) is 6.81. The number of nitrogens with zero attached hydrogens (tertiary/aromatic N) is 1. The number of hydrogen-bond donors (Lipinski definition) is 0. The molecule has 0 radical (unpaired) electrons. The van der Waals surface area contributed by atoms with Crippen molar-refractivity contribution < 1.29 is 0 Å². The largest absolute Gasteiger partial charge is 0.310 e. The van der Waals surface area contributed by atoms with E-state index >= 15 is 0 Å². The second-order valence-corrected chi connectivity index (χ2v) is 23.1. The van der Waals surface area contributed by atoms with Gasteiger partial charge in [-0.2, -0.15) is 0 Å². The number of benzene rings is 9. The van der Waals surface area contributed by atoms with Crippen LogP contribution in [0.1, 0.15) is 33.4 Å². The first-order valence-corrected chi connectivity index (χ1v) is 24.9. The van der Waals surface area contributed by atoms with Gasteiger partial charge in [0.25, 0.3) is 0 Å². The Morgan fingerprint density at radius 3 is 1.72 bits per heavy atom. The normalized spacial score (nSPS) is 15.2. The molecule has 0 saturated heterocycles. The zero-order valence-corrected chi connectivity index (χ0v) is 36.3. The second-order valence-electron chi connectivity index (χ2n) is 17.3. The molecule has 4 aliphatic heterocycles. The summed E-state index contributed by atoms with van der Waals surface area (Å²) in [6.45, 7) is 4.53. The molecule has 0 atom stereocenters. The highest BCUT2D eigenvalue weighted by atomic mass is 32.2. The van der Waals surface area contributed by atoms with E-state index in [0.717, 1.165) is 0 Å². The lowest BCUT2D eigenvalue weighted by Gasteiger charge is -2.49. The quantitative estimate of drug-likeness (QED) is 0.152. The molecular weight excluding hydrogens is 791 g/mol. The molecule has 9 aromatic carbocycles. The van der Waals surface area contributed by atoms with E-state index in [4.69, 9.17) is 0 Å². The van der Waals surface area contributed by atoms with Gasteiger partial charge in [0.1, 0.15) is 0 Å². The van der Waals surface area contributed by atoms with E-state index < -0.39 is 13.5 Å². The molecule has 0 saturated carbocycles. The molecule has 1 nitrogen and oxygen atoms in total. The Labute approximate surface area is 364 Å². The van der Waals surface area contributed by atoms with Crippen LogP contribution in [-0.4, -0.2) is 8.07 Å². The van der Waals surface area contributed by atoms with E-state index in [2.05, 4.69) is 207 Å². The van der Waals surface area contributed by atoms with Gasteiger partial charge in [0.15, 0.2) is 8.07 Å². The van der Waals surface area contributed by atoms with E-state index in [9.17, 15) is 0 Å². The van der Waals surface area contributed by atoms with Gasteiger partial charge >= 0.3 is 0 Å². The predicted octanol–water partition coefficient (Wildman–Crippen LogP) is 12.6. The number of hydrogen-bond acceptors (Lipinski definition) is 3. The van der Waals surface area contributed by atoms with Crippen LogP contribution in [0.3, 0.4) is 0 Å². The van der Waals surface area contributed by atoms with Gasteiger partial charge in [0.05, 0.1) is 16.8 Å². The molecule has 5 heterocycles. The van der Waals surface area contributed by atoms with Gasteiger partial charge in [0.2, 0.25) is 0 Å². The molecule has 10 aromatic rings. The SMILES string of the molecule is Cc1ccc2c(c1)[Si]1(c3ccccc3-c3ccc(N4c5ccccc5C5(c6ccccc6Sc6ccccc65)c5cc6c(cc54)sc4ccccc46)cc31)c1cc(C)ccc1-2. The van der Waals surface area contributed by atoms with Crippen LogP contribution in [0.2, 0.25) is 0 Å². The number of thiophene rings is 1. The molecule has 1 aromatic heterocycles. The summed E-state index contributed by atoms with van der Waals surface area (Å²) in [4.78, 5) is 5.26. The van der Waals surface area contributed by atoms with Gasteiger partial charge in [-0.1, -0.05) is 162 Å². The number of aryl methyl sites for hydroxylation is 2. The molecular formula is C57H37NS2Si. The summed E-state index contributed by atoms with van der Waals surface area (Å²) in [6.07, 6.45) is 0. The summed E-state index contributed by atoms with van der Waals surface area (Å²) < 4.78 is 2.64. The lowest BCUT2D eigenvalue weighted by Crippen LogP contribution is -2.70. The zero-order chi connectivity index (χ0) is 40.2. The van der Waals surface area contributed by atoms with E-state index in [1.165, 1.54) is 123 Å². The van der Waals surface area contributed by atoms with Crippen molar-refractivity contribution in [2.75, 3.05) is 4.90 Å². The molecule has 0 fully saturated rings. The van der Waals surface area contributed by atoms with Crippen LogP contribution in [0, 0.1) is 13.8 Å². The van der Waals surface area contributed by atoms with Crippen molar-refractivity contribution in [3.63, 3.8) is 0 Å². The average molecular weight is 828 g/mol.